The molecule has 0 bridgehead atoms. The standard InChI is InChI=1S/C24H42N6/c1-20(2)28-17-11-22(12-18-28)30-16-8-5-9-21(19-30)26-24-25-13-10-23(27-24)29-14-6-3-4-7-15-29/h10,13,20-22H,3-9,11-12,14-19H2,1-2H3,(H,25,26,27). The number of piperidine rings is 1. The monoisotopic (exact) mass is 414 g/mol. The third-order valence-corrected chi connectivity index (χ3v) is 7.35. The first-order valence-corrected chi connectivity index (χ1v) is 12.5. The van der Waals surface area contributed by atoms with Crippen LogP contribution in [0.4, 0.5) is 11.8 Å². The predicted octanol–water partition coefficient (Wildman–Crippen LogP) is 4.00. The average Bonchev–Trinajstić information content (AvgIpc) is 3.17. The summed E-state index contributed by atoms with van der Waals surface area (Å²) in [6, 6.07) is 3.96. The summed E-state index contributed by atoms with van der Waals surface area (Å²) in [4.78, 5) is 17.3. The van der Waals surface area contributed by atoms with Crippen molar-refractivity contribution in [2.24, 2.45) is 0 Å². The molecule has 1 atom stereocenters. The summed E-state index contributed by atoms with van der Waals surface area (Å²) in [6.45, 7) is 11.8. The van der Waals surface area contributed by atoms with Crippen LogP contribution in [-0.2, 0) is 0 Å². The van der Waals surface area contributed by atoms with Gasteiger partial charge >= 0.3 is 0 Å². The van der Waals surface area contributed by atoms with Crippen molar-refractivity contribution >= 4 is 11.8 Å². The quantitative estimate of drug-likeness (QED) is 0.786. The average molecular weight is 415 g/mol. The van der Waals surface area contributed by atoms with E-state index in [1.54, 1.807) is 0 Å². The molecule has 1 N–H and O–H groups in total. The summed E-state index contributed by atoms with van der Waals surface area (Å²) in [6.07, 6.45) is 13.6. The molecule has 0 aromatic carbocycles. The number of hydrogen-bond donors (Lipinski definition) is 1. The Morgan fingerprint density at radius 3 is 2.37 bits per heavy atom. The second kappa shape index (κ2) is 10.8. The Bertz CT molecular complexity index is 634. The zero-order chi connectivity index (χ0) is 20.8. The van der Waals surface area contributed by atoms with E-state index in [2.05, 4.69) is 44.9 Å². The molecular formula is C24H42N6. The summed E-state index contributed by atoms with van der Waals surface area (Å²) < 4.78 is 0. The number of nitrogens with one attached hydrogen (secondary N) is 1. The van der Waals surface area contributed by atoms with Gasteiger partial charge in [-0.2, -0.15) is 4.98 Å². The summed E-state index contributed by atoms with van der Waals surface area (Å²) in [5.74, 6) is 1.92. The van der Waals surface area contributed by atoms with Crippen molar-refractivity contribution in [1.29, 1.82) is 0 Å². The van der Waals surface area contributed by atoms with Crippen LogP contribution in [0.1, 0.15) is 71.6 Å². The van der Waals surface area contributed by atoms with Crippen LogP contribution in [0, 0.1) is 0 Å². The van der Waals surface area contributed by atoms with Gasteiger partial charge in [-0.1, -0.05) is 19.3 Å². The lowest BCUT2D eigenvalue weighted by Gasteiger charge is -2.40. The molecule has 0 aliphatic carbocycles. The van der Waals surface area contributed by atoms with Crippen LogP contribution < -0.4 is 10.2 Å². The van der Waals surface area contributed by atoms with Gasteiger partial charge in [-0.15, -0.1) is 0 Å². The highest BCUT2D eigenvalue weighted by Crippen LogP contribution is 2.24. The van der Waals surface area contributed by atoms with Crippen molar-refractivity contribution in [2.75, 3.05) is 49.5 Å². The van der Waals surface area contributed by atoms with Crippen LogP contribution in [0.25, 0.3) is 0 Å². The van der Waals surface area contributed by atoms with Gasteiger partial charge in [-0.05, 0) is 78.1 Å². The maximum atomic E-state index is 4.91. The first-order valence-electron chi connectivity index (χ1n) is 12.5. The van der Waals surface area contributed by atoms with Crippen molar-refractivity contribution in [3.8, 4) is 0 Å². The zero-order valence-corrected chi connectivity index (χ0v) is 19.2. The number of anilines is 2. The van der Waals surface area contributed by atoms with Crippen LogP contribution in [0.2, 0.25) is 0 Å². The molecule has 1 aromatic rings. The van der Waals surface area contributed by atoms with Gasteiger partial charge in [0.25, 0.3) is 0 Å². The molecule has 30 heavy (non-hydrogen) atoms. The largest absolute Gasteiger partial charge is 0.356 e. The van der Waals surface area contributed by atoms with Crippen molar-refractivity contribution < 1.29 is 0 Å². The highest BCUT2D eigenvalue weighted by atomic mass is 15.3. The van der Waals surface area contributed by atoms with Crippen molar-refractivity contribution in [1.82, 2.24) is 19.8 Å². The molecule has 4 heterocycles. The molecule has 3 aliphatic heterocycles. The van der Waals surface area contributed by atoms with E-state index in [4.69, 9.17) is 4.98 Å². The molecular weight excluding hydrogens is 372 g/mol. The van der Waals surface area contributed by atoms with Gasteiger partial charge in [0, 0.05) is 44.0 Å². The molecule has 6 nitrogen and oxygen atoms in total. The van der Waals surface area contributed by atoms with E-state index in [1.807, 2.05) is 6.20 Å². The van der Waals surface area contributed by atoms with E-state index in [-0.39, 0.29) is 0 Å². The smallest absolute Gasteiger partial charge is 0.224 e. The molecule has 168 valence electrons. The normalized spacial score (nSPS) is 25.8. The maximum Gasteiger partial charge on any atom is 0.224 e. The summed E-state index contributed by atoms with van der Waals surface area (Å²) in [7, 11) is 0. The van der Waals surface area contributed by atoms with Gasteiger partial charge in [0.15, 0.2) is 0 Å². The van der Waals surface area contributed by atoms with Gasteiger partial charge in [0.05, 0.1) is 0 Å². The van der Waals surface area contributed by atoms with Crippen molar-refractivity contribution in [3.05, 3.63) is 12.3 Å². The number of aromatic nitrogens is 2. The van der Waals surface area contributed by atoms with E-state index >= 15 is 0 Å². The summed E-state index contributed by atoms with van der Waals surface area (Å²) in [5, 5.41) is 3.71. The third kappa shape index (κ3) is 5.85. The predicted molar refractivity (Wildman–Crippen MR) is 125 cm³/mol. The summed E-state index contributed by atoms with van der Waals surface area (Å²) >= 11 is 0. The van der Waals surface area contributed by atoms with Crippen LogP contribution in [0.3, 0.4) is 0 Å². The van der Waals surface area contributed by atoms with E-state index < -0.39 is 0 Å². The molecule has 4 rings (SSSR count). The van der Waals surface area contributed by atoms with Crippen molar-refractivity contribution in [3.63, 3.8) is 0 Å². The molecule has 3 saturated heterocycles. The molecule has 0 radical (unpaired) electrons. The van der Waals surface area contributed by atoms with Crippen LogP contribution in [0.5, 0.6) is 0 Å². The summed E-state index contributed by atoms with van der Waals surface area (Å²) in [5.41, 5.74) is 0. The molecule has 1 unspecified atom stereocenters. The molecule has 0 saturated carbocycles. The van der Waals surface area contributed by atoms with Gasteiger partial charge in [-0.25, -0.2) is 4.98 Å². The number of rotatable bonds is 5. The Kier molecular flexibility index (Phi) is 7.83. The molecule has 3 aliphatic rings. The minimum absolute atomic E-state index is 0.454. The molecule has 0 amide bonds. The second-order valence-electron chi connectivity index (χ2n) is 9.83. The highest BCUT2D eigenvalue weighted by molar-refractivity contribution is 5.43. The lowest BCUT2D eigenvalue weighted by Crippen LogP contribution is -2.49. The van der Waals surface area contributed by atoms with E-state index in [1.165, 1.54) is 77.4 Å². The minimum atomic E-state index is 0.454. The Morgan fingerprint density at radius 2 is 1.63 bits per heavy atom. The van der Waals surface area contributed by atoms with Crippen LogP contribution in [-0.4, -0.2) is 77.2 Å². The zero-order valence-electron chi connectivity index (χ0n) is 19.2. The van der Waals surface area contributed by atoms with Gasteiger partial charge in [-0.3, -0.25) is 4.90 Å². The highest BCUT2D eigenvalue weighted by Gasteiger charge is 2.28. The van der Waals surface area contributed by atoms with Gasteiger partial charge in [0.2, 0.25) is 5.95 Å². The van der Waals surface area contributed by atoms with Crippen LogP contribution in [0.15, 0.2) is 12.3 Å². The Morgan fingerprint density at radius 1 is 0.900 bits per heavy atom. The van der Waals surface area contributed by atoms with Gasteiger partial charge < -0.3 is 15.1 Å². The SMILES string of the molecule is CC(C)N1CCC(N2CCCCC(Nc3nccc(N4CCCCCC4)n3)C2)CC1. The fraction of sp³-hybridized carbons (Fsp3) is 0.833. The fourth-order valence-corrected chi connectivity index (χ4v) is 5.47. The lowest BCUT2D eigenvalue weighted by atomic mass is 10.0. The first kappa shape index (κ1) is 21.8. The van der Waals surface area contributed by atoms with Crippen LogP contribution >= 0.6 is 0 Å². The second-order valence-corrected chi connectivity index (χ2v) is 9.83. The number of nitrogens with zero attached hydrogens (tertiary/aromatic N) is 5. The topological polar surface area (TPSA) is 47.5 Å². The Hall–Kier alpha value is -1.40. The van der Waals surface area contributed by atoms with E-state index in [9.17, 15) is 0 Å². The Balaban J connectivity index is 1.35. The molecule has 0 spiro atoms. The first-order chi connectivity index (χ1) is 14.7. The van der Waals surface area contributed by atoms with E-state index in [0.717, 1.165) is 37.4 Å². The Labute approximate surface area is 183 Å². The fourth-order valence-electron chi connectivity index (χ4n) is 5.47. The van der Waals surface area contributed by atoms with Crippen molar-refractivity contribution in [2.45, 2.75) is 89.8 Å². The lowest BCUT2D eigenvalue weighted by molar-refractivity contribution is 0.0927. The maximum absolute atomic E-state index is 4.91. The third-order valence-electron chi connectivity index (χ3n) is 7.35. The number of likely N-dealkylation sites (tertiary alicyclic amines) is 2. The molecule has 6 heteroatoms. The van der Waals surface area contributed by atoms with E-state index in [0.29, 0.717) is 12.1 Å². The minimum Gasteiger partial charge on any atom is -0.356 e. The molecule has 1 aromatic heterocycles. The molecule has 3 fully saturated rings. The van der Waals surface area contributed by atoms with Gasteiger partial charge in [0.1, 0.15) is 5.82 Å². The number of hydrogen-bond acceptors (Lipinski definition) is 6.